The second-order valence-corrected chi connectivity index (χ2v) is 3.82. The second-order valence-electron chi connectivity index (χ2n) is 3.82. The number of ether oxygens (including phenoxy) is 1. The van der Waals surface area contributed by atoms with Gasteiger partial charge in [0.05, 0.1) is 17.9 Å². The van der Waals surface area contributed by atoms with Gasteiger partial charge in [-0.05, 0) is 7.05 Å². The third-order valence-corrected chi connectivity index (χ3v) is 2.79. The molecule has 10 heteroatoms. The molecule has 0 radical (unpaired) electrons. The molecule has 0 aromatic rings. The molecule has 1 heterocycles. The lowest BCUT2D eigenvalue weighted by Gasteiger charge is -2.45. The van der Waals surface area contributed by atoms with E-state index in [1.807, 2.05) is 0 Å². The van der Waals surface area contributed by atoms with Crippen molar-refractivity contribution in [2.75, 3.05) is 13.7 Å². The van der Waals surface area contributed by atoms with Gasteiger partial charge in [0.2, 0.25) is 0 Å². The maximum atomic E-state index is 11.5. The van der Waals surface area contributed by atoms with Crippen molar-refractivity contribution < 1.29 is 30.0 Å². The van der Waals surface area contributed by atoms with Gasteiger partial charge < -0.3 is 30.5 Å². The minimum absolute atomic E-state index is 0.737. The minimum atomic E-state index is -2.64. The zero-order valence-electron chi connectivity index (χ0n) is 9.48. The van der Waals surface area contributed by atoms with E-state index in [9.17, 15) is 25.0 Å². The van der Waals surface area contributed by atoms with Crippen LogP contribution in [-0.4, -0.2) is 70.1 Å². The van der Waals surface area contributed by atoms with Gasteiger partial charge in [0.25, 0.3) is 5.79 Å². The molecule has 0 aromatic carbocycles. The number of carbonyl (C=O) groups is 1. The van der Waals surface area contributed by atoms with Gasteiger partial charge in [-0.3, -0.25) is 4.79 Å². The molecular formula is C8H15N3O7. The Morgan fingerprint density at radius 2 is 2.06 bits per heavy atom. The van der Waals surface area contributed by atoms with Crippen LogP contribution in [0.4, 0.5) is 0 Å². The molecule has 0 bridgehead atoms. The Morgan fingerprint density at radius 1 is 1.44 bits per heavy atom. The molecule has 1 rings (SSSR count). The normalized spacial score (nSPS) is 40.3. The summed E-state index contributed by atoms with van der Waals surface area (Å²) >= 11 is 0. The maximum absolute atomic E-state index is 11.5. The van der Waals surface area contributed by atoms with Crippen LogP contribution in [0.2, 0.25) is 0 Å². The third-order valence-electron chi connectivity index (χ3n) is 2.79. The van der Waals surface area contributed by atoms with E-state index in [0.717, 1.165) is 0 Å². The molecule has 18 heavy (non-hydrogen) atoms. The summed E-state index contributed by atoms with van der Waals surface area (Å²) in [5.41, 5.74) is 1.44. The van der Waals surface area contributed by atoms with Crippen LogP contribution in [0.5, 0.6) is 0 Å². The third kappa shape index (κ3) is 2.34. The van der Waals surface area contributed by atoms with Crippen LogP contribution < -0.4 is 10.7 Å². The number of hydrogen-bond acceptors (Lipinski definition) is 9. The lowest BCUT2D eigenvalue weighted by atomic mass is 9.90. The van der Waals surface area contributed by atoms with Gasteiger partial charge in [-0.2, -0.15) is 0 Å². The Kier molecular flexibility index (Phi) is 4.67. The summed E-state index contributed by atoms with van der Waals surface area (Å²) in [7, 11) is 1.30. The van der Waals surface area contributed by atoms with Crippen molar-refractivity contribution in [3.8, 4) is 0 Å². The topological polar surface area (TPSA) is 161 Å². The summed E-state index contributed by atoms with van der Waals surface area (Å²) in [6.45, 7) is -0.737. The average Bonchev–Trinajstić information content (AvgIpc) is 2.34. The molecule has 0 saturated carbocycles. The van der Waals surface area contributed by atoms with Gasteiger partial charge in [-0.1, -0.05) is 0 Å². The predicted molar refractivity (Wildman–Crippen MR) is 55.7 cm³/mol. The van der Waals surface area contributed by atoms with Crippen molar-refractivity contribution in [1.29, 1.82) is 0 Å². The van der Waals surface area contributed by atoms with Crippen molar-refractivity contribution in [1.82, 2.24) is 10.7 Å². The molecule has 0 aliphatic carbocycles. The molecule has 6 N–H and O–H groups in total. The minimum Gasteiger partial charge on any atom is -0.394 e. The first-order valence-corrected chi connectivity index (χ1v) is 5.09. The number of aliphatic hydroxyl groups is 4. The SMILES string of the molecule is CN[C@@H]1[C@@H](O)[C@H](O)[C@@H](CO)O[C@@]1(O)C(=O)NN=O. The first-order valence-electron chi connectivity index (χ1n) is 5.09. The van der Waals surface area contributed by atoms with Gasteiger partial charge >= 0.3 is 5.91 Å². The molecule has 1 amide bonds. The Morgan fingerprint density at radius 3 is 2.50 bits per heavy atom. The average molecular weight is 265 g/mol. The van der Waals surface area contributed by atoms with Crippen molar-refractivity contribution in [2.24, 2.45) is 5.29 Å². The molecule has 0 unspecified atom stereocenters. The second kappa shape index (κ2) is 5.65. The van der Waals surface area contributed by atoms with Crippen molar-refractivity contribution in [2.45, 2.75) is 30.1 Å². The van der Waals surface area contributed by atoms with E-state index in [1.54, 1.807) is 0 Å². The summed E-state index contributed by atoms with van der Waals surface area (Å²) in [6, 6.07) is -1.41. The van der Waals surface area contributed by atoms with Gasteiger partial charge in [0.1, 0.15) is 18.3 Å². The summed E-state index contributed by atoms with van der Waals surface area (Å²) in [6.07, 6.45) is -4.49. The highest BCUT2D eigenvalue weighted by molar-refractivity contribution is 5.84. The van der Waals surface area contributed by atoms with E-state index >= 15 is 0 Å². The number of hydrogen-bond donors (Lipinski definition) is 6. The fraction of sp³-hybridized carbons (Fsp3) is 0.875. The number of carbonyl (C=O) groups excluding carboxylic acids is 1. The summed E-state index contributed by atoms with van der Waals surface area (Å²) in [5.74, 6) is -3.96. The first-order chi connectivity index (χ1) is 8.42. The monoisotopic (exact) mass is 265 g/mol. The lowest BCUT2D eigenvalue weighted by Crippen LogP contribution is -2.73. The Hall–Kier alpha value is -1.17. The van der Waals surface area contributed by atoms with Gasteiger partial charge in [0.15, 0.2) is 0 Å². The standard InChI is InChI=1S/C8H15N3O7/c1-9-6-5(14)4(13)3(2-12)18-8(6,16)7(15)10-11-17/h3-6,9,12-14,16H,2H2,1H3,(H,10,15,17)/t3-,4-,5+,6-,8-/m1/s1. The molecule has 0 aromatic heterocycles. The Bertz CT molecular complexity index is 328. The van der Waals surface area contributed by atoms with E-state index in [-0.39, 0.29) is 0 Å². The highest BCUT2D eigenvalue weighted by atomic mass is 16.7. The molecule has 1 aliphatic rings. The van der Waals surface area contributed by atoms with Gasteiger partial charge in [-0.25, -0.2) is 5.43 Å². The fourth-order valence-electron chi connectivity index (χ4n) is 1.85. The number of nitrogens with zero attached hydrogens (tertiary/aromatic N) is 1. The summed E-state index contributed by atoms with van der Waals surface area (Å²) in [4.78, 5) is 21.5. The number of aliphatic hydroxyl groups excluding tert-OH is 3. The molecule has 0 spiro atoms. The van der Waals surface area contributed by atoms with Crippen LogP contribution in [0.3, 0.4) is 0 Å². The molecule has 104 valence electrons. The van der Waals surface area contributed by atoms with Crippen LogP contribution in [0, 0.1) is 4.91 Å². The zero-order chi connectivity index (χ0) is 13.9. The Labute approximate surface area is 102 Å². The predicted octanol–water partition coefficient (Wildman–Crippen LogP) is -3.83. The van der Waals surface area contributed by atoms with Crippen LogP contribution in [0.15, 0.2) is 5.29 Å². The molecular weight excluding hydrogens is 250 g/mol. The lowest BCUT2D eigenvalue weighted by molar-refractivity contribution is -0.302. The summed E-state index contributed by atoms with van der Waals surface area (Å²) < 4.78 is 4.85. The molecule has 1 aliphatic heterocycles. The quantitative estimate of drug-likeness (QED) is 0.222. The van der Waals surface area contributed by atoms with E-state index in [1.165, 1.54) is 12.5 Å². The fourth-order valence-corrected chi connectivity index (χ4v) is 1.85. The highest BCUT2D eigenvalue weighted by Gasteiger charge is 2.57. The van der Waals surface area contributed by atoms with Crippen LogP contribution in [-0.2, 0) is 9.53 Å². The number of likely N-dealkylation sites (N-methyl/N-ethyl adjacent to an activating group) is 1. The largest absolute Gasteiger partial charge is 0.394 e. The van der Waals surface area contributed by atoms with Gasteiger partial charge in [-0.15, -0.1) is 4.91 Å². The smallest absolute Gasteiger partial charge is 0.304 e. The van der Waals surface area contributed by atoms with E-state index < -0.39 is 42.7 Å². The maximum Gasteiger partial charge on any atom is 0.304 e. The van der Waals surface area contributed by atoms with Crippen molar-refractivity contribution in [3.63, 3.8) is 0 Å². The number of nitroso groups, excluding NO2 is 1. The first kappa shape index (κ1) is 14.9. The number of amides is 1. The molecule has 1 saturated heterocycles. The molecule has 5 atom stereocenters. The van der Waals surface area contributed by atoms with E-state index in [0.29, 0.717) is 0 Å². The summed E-state index contributed by atoms with van der Waals surface area (Å²) in [5, 5.41) is 42.8. The zero-order valence-corrected chi connectivity index (χ0v) is 9.48. The van der Waals surface area contributed by atoms with Gasteiger partial charge in [0, 0.05) is 0 Å². The van der Waals surface area contributed by atoms with Crippen LogP contribution in [0.1, 0.15) is 0 Å². The van der Waals surface area contributed by atoms with E-state index in [2.05, 4.69) is 10.6 Å². The van der Waals surface area contributed by atoms with Crippen molar-refractivity contribution in [3.05, 3.63) is 4.91 Å². The molecule has 10 nitrogen and oxygen atoms in total. The number of nitrogens with one attached hydrogen (secondary N) is 2. The van der Waals surface area contributed by atoms with Crippen LogP contribution >= 0.6 is 0 Å². The van der Waals surface area contributed by atoms with E-state index in [4.69, 9.17) is 9.84 Å². The highest BCUT2D eigenvalue weighted by Crippen LogP contribution is 2.28. The van der Waals surface area contributed by atoms with Crippen LogP contribution in [0.25, 0.3) is 0 Å². The van der Waals surface area contributed by atoms with Crippen molar-refractivity contribution >= 4 is 5.91 Å². The Balaban J connectivity index is 3.05. The molecule has 1 fully saturated rings. The number of rotatable bonds is 4.